The van der Waals surface area contributed by atoms with Crippen LogP contribution in [0.3, 0.4) is 0 Å². The third kappa shape index (κ3) is 3.68. The molecule has 0 radical (unpaired) electrons. The predicted molar refractivity (Wildman–Crippen MR) is 123 cm³/mol. The first-order chi connectivity index (χ1) is 16.0. The number of aromatic nitrogens is 3. The summed E-state index contributed by atoms with van der Waals surface area (Å²) in [6.45, 7) is 0.952. The lowest BCUT2D eigenvalue weighted by molar-refractivity contribution is 0.0600. The van der Waals surface area contributed by atoms with Gasteiger partial charge in [0.25, 0.3) is 5.91 Å². The lowest BCUT2D eigenvalue weighted by Gasteiger charge is -2.27. The van der Waals surface area contributed by atoms with Crippen molar-refractivity contribution in [2.24, 2.45) is 0 Å². The number of esters is 1. The molecule has 1 N–H and O–H groups in total. The van der Waals surface area contributed by atoms with Gasteiger partial charge in [-0.1, -0.05) is 11.8 Å². The number of benzene rings is 2. The van der Waals surface area contributed by atoms with Crippen LogP contribution in [-0.2, 0) is 17.7 Å². The molecule has 2 aromatic carbocycles. The average Bonchev–Trinajstić information content (AvgIpc) is 3.44. The molecule has 0 saturated carbocycles. The molecule has 0 fully saturated rings. The molecule has 168 valence electrons. The van der Waals surface area contributed by atoms with Crippen LogP contribution in [0.15, 0.2) is 53.8 Å². The Morgan fingerprint density at radius 2 is 1.97 bits per heavy atom. The van der Waals surface area contributed by atoms with Gasteiger partial charge < -0.3 is 14.6 Å². The molecule has 2 aromatic heterocycles. The van der Waals surface area contributed by atoms with Crippen molar-refractivity contribution in [3.63, 3.8) is 0 Å². The Labute approximate surface area is 193 Å². The number of hydrogen-bond donors (Lipinski definition) is 1. The van der Waals surface area contributed by atoms with Gasteiger partial charge in [-0.15, -0.1) is 0 Å². The number of nitrogens with zero attached hydrogens (tertiary/aromatic N) is 3. The van der Waals surface area contributed by atoms with E-state index in [0.29, 0.717) is 41.6 Å². The molecule has 0 bridgehead atoms. The number of nitrogens with one attached hydrogen (secondary N) is 1. The monoisotopic (exact) mass is 464 g/mol. The zero-order valence-corrected chi connectivity index (χ0v) is 18.9. The van der Waals surface area contributed by atoms with E-state index in [1.807, 2.05) is 12.3 Å². The molecule has 1 amide bonds. The third-order valence-corrected chi connectivity index (χ3v) is 6.55. The number of H-pyrrole nitrogens is 1. The van der Waals surface area contributed by atoms with Crippen LogP contribution < -0.4 is 0 Å². The Balaban J connectivity index is 1.50. The molecule has 4 aromatic rings. The molecule has 5 rings (SSSR count). The quantitative estimate of drug-likeness (QED) is 0.362. The highest BCUT2D eigenvalue weighted by Crippen LogP contribution is 2.30. The number of rotatable bonds is 4. The van der Waals surface area contributed by atoms with Gasteiger partial charge in [0.1, 0.15) is 11.5 Å². The van der Waals surface area contributed by atoms with Crippen LogP contribution in [0, 0.1) is 5.82 Å². The van der Waals surface area contributed by atoms with E-state index in [9.17, 15) is 14.0 Å². The Kier molecular flexibility index (Phi) is 5.41. The number of methoxy groups -OCH3 is 1. The van der Waals surface area contributed by atoms with Crippen molar-refractivity contribution >= 4 is 34.5 Å². The number of fused-ring (bicyclic) bond motifs is 3. The number of amides is 1. The standard InChI is InChI=1S/C24H21FN4O3S/c1-32-23(31)14-3-8-19-17(11-14)18-13-28(10-9-20(18)27-19)22(30)21-12-26-24(33-2)29(21)16-6-4-15(25)5-7-16/h3-8,11-12,27H,9-10,13H2,1-2H3. The van der Waals surface area contributed by atoms with Crippen molar-refractivity contribution in [3.05, 3.63) is 77.0 Å². The maximum absolute atomic E-state index is 13.6. The summed E-state index contributed by atoms with van der Waals surface area (Å²) in [5.74, 6) is -0.897. The Bertz CT molecular complexity index is 1380. The topological polar surface area (TPSA) is 80.2 Å². The molecule has 0 atom stereocenters. The third-order valence-electron chi connectivity index (χ3n) is 5.90. The number of imidazole rings is 1. The summed E-state index contributed by atoms with van der Waals surface area (Å²) in [4.78, 5) is 35.2. The minimum Gasteiger partial charge on any atom is -0.465 e. The fraction of sp³-hybridized carbons (Fsp3) is 0.208. The summed E-state index contributed by atoms with van der Waals surface area (Å²) >= 11 is 1.42. The maximum atomic E-state index is 13.6. The van der Waals surface area contributed by atoms with Gasteiger partial charge in [0.15, 0.2) is 5.16 Å². The molecule has 7 nitrogen and oxygen atoms in total. The summed E-state index contributed by atoms with van der Waals surface area (Å²) in [5, 5.41) is 1.56. The second-order valence-corrected chi connectivity index (χ2v) is 8.53. The number of thioether (sulfide) groups is 1. The van der Waals surface area contributed by atoms with Crippen LogP contribution in [0.25, 0.3) is 16.6 Å². The lowest BCUT2D eigenvalue weighted by Crippen LogP contribution is -2.36. The Hall–Kier alpha value is -3.59. The minimum atomic E-state index is -0.400. The van der Waals surface area contributed by atoms with Gasteiger partial charge in [-0.25, -0.2) is 14.2 Å². The van der Waals surface area contributed by atoms with E-state index < -0.39 is 5.97 Å². The molecule has 1 aliphatic heterocycles. The van der Waals surface area contributed by atoms with Gasteiger partial charge in [0.2, 0.25) is 0 Å². The SMILES string of the molecule is COC(=O)c1ccc2[nH]c3c(c2c1)CN(C(=O)c1cnc(SC)n1-c1ccc(F)cc1)CC3. The molecule has 0 aliphatic carbocycles. The predicted octanol–water partition coefficient (Wildman–Crippen LogP) is 4.20. The molecule has 33 heavy (non-hydrogen) atoms. The van der Waals surface area contributed by atoms with Crippen molar-refractivity contribution < 1.29 is 18.7 Å². The highest BCUT2D eigenvalue weighted by Gasteiger charge is 2.28. The number of carbonyl (C=O) groups is 2. The summed E-state index contributed by atoms with van der Waals surface area (Å²) < 4.78 is 20.1. The van der Waals surface area contributed by atoms with E-state index >= 15 is 0 Å². The van der Waals surface area contributed by atoms with E-state index in [2.05, 4.69) is 9.97 Å². The molecule has 1 aliphatic rings. The summed E-state index contributed by atoms with van der Waals surface area (Å²) in [6, 6.07) is 11.4. The van der Waals surface area contributed by atoms with Crippen LogP contribution in [0.5, 0.6) is 0 Å². The average molecular weight is 465 g/mol. The normalized spacial score (nSPS) is 13.2. The van der Waals surface area contributed by atoms with Crippen molar-refractivity contribution in [2.75, 3.05) is 19.9 Å². The van der Waals surface area contributed by atoms with Crippen LogP contribution >= 0.6 is 11.8 Å². The second kappa shape index (κ2) is 8.40. The van der Waals surface area contributed by atoms with Crippen LogP contribution in [0.1, 0.15) is 32.1 Å². The van der Waals surface area contributed by atoms with E-state index in [-0.39, 0.29) is 11.7 Å². The highest BCUT2D eigenvalue weighted by atomic mass is 32.2. The van der Waals surface area contributed by atoms with E-state index in [0.717, 1.165) is 22.2 Å². The number of aromatic amines is 1. The fourth-order valence-corrected chi connectivity index (χ4v) is 4.81. The van der Waals surface area contributed by atoms with Gasteiger partial charge in [-0.2, -0.15) is 0 Å². The van der Waals surface area contributed by atoms with Gasteiger partial charge >= 0.3 is 5.97 Å². The maximum Gasteiger partial charge on any atom is 0.337 e. The fourth-order valence-electron chi connectivity index (χ4n) is 4.26. The first-order valence-electron chi connectivity index (χ1n) is 10.4. The van der Waals surface area contributed by atoms with Gasteiger partial charge in [-0.3, -0.25) is 9.36 Å². The summed E-state index contributed by atoms with van der Waals surface area (Å²) in [6.07, 6.45) is 4.12. The Morgan fingerprint density at radius 3 is 2.70 bits per heavy atom. The van der Waals surface area contributed by atoms with E-state index in [1.165, 1.54) is 31.0 Å². The van der Waals surface area contributed by atoms with E-state index in [1.54, 1.807) is 39.9 Å². The molecular weight excluding hydrogens is 443 g/mol. The van der Waals surface area contributed by atoms with Crippen LogP contribution in [-0.4, -0.2) is 51.2 Å². The minimum absolute atomic E-state index is 0.156. The van der Waals surface area contributed by atoms with Crippen LogP contribution in [0.2, 0.25) is 0 Å². The molecular formula is C24H21FN4O3S. The molecule has 0 spiro atoms. The zero-order valence-electron chi connectivity index (χ0n) is 18.1. The largest absolute Gasteiger partial charge is 0.465 e. The Morgan fingerprint density at radius 1 is 1.18 bits per heavy atom. The highest BCUT2D eigenvalue weighted by molar-refractivity contribution is 7.98. The summed E-state index contributed by atoms with van der Waals surface area (Å²) in [7, 11) is 1.35. The van der Waals surface area contributed by atoms with Crippen molar-refractivity contribution in [1.29, 1.82) is 0 Å². The van der Waals surface area contributed by atoms with Crippen molar-refractivity contribution in [1.82, 2.24) is 19.4 Å². The number of halogens is 1. The second-order valence-electron chi connectivity index (χ2n) is 7.75. The molecule has 3 heterocycles. The number of carbonyl (C=O) groups excluding carboxylic acids is 2. The zero-order chi connectivity index (χ0) is 23.1. The van der Waals surface area contributed by atoms with Gasteiger partial charge in [0.05, 0.1) is 18.9 Å². The van der Waals surface area contributed by atoms with Gasteiger partial charge in [-0.05, 0) is 48.7 Å². The first-order valence-corrected chi connectivity index (χ1v) is 11.6. The van der Waals surface area contributed by atoms with Crippen molar-refractivity contribution in [2.45, 2.75) is 18.1 Å². The van der Waals surface area contributed by atoms with E-state index in [4.69, 9.17) is 4.74 Å². The first kappa shape index (κ1) is 21.3. The molecule has 0 saturated heterocycles. The van der Waals surface area contributed by atoms with Crippen molar-refractivity contribution in [3.8, 4) is 5.69 Å². The summed E-state index contributed by atoms with van der Waals surface area (Å²) in [5.41, 5.74) is 4.54. The van der Waals surface area contributed by atoms with Gasteiger partial charge in [0, 0.05) is 47.4 Å². The molecule has 0 unspecified atom stereocenters. The van der Waals surface area contributed by atoms with Crippen LogP contribution in [0.4, 0.5) is 4.39 Å². The number of hydrogen-bond acceptors (Lipinski definition) is 5. The number of ether oxygens (including phenoxy) is 1. The lowest BCUT2D eigenvalue weighted by atomic mass is 10.0. The smallest absolute Gasteiger partial charge is 0.337 e. The molecule has 9 heteroatoms.